The number of aryl methyl sites for hydroxylation is 1. The zero-order valence-electron chi connectivity index (χ0n) is 9.82. The highest BCUT2D eigenvalue weighted by Gasteiger charge is 2.14. The zero-order chi connectivity index (χ0) is 14.2. The van der Waals surface area contributed by atoms with Crippen LogP contribution in [-0.4, -0.2) is 8.42 Å². The average Bonchev–Trinajstić information content (AvgIpc) is 2.25. The highest BCUT2D eigenvalue weighted by Crippen LogP contribution is 2.27. The van der Waals surface area contributed by atoms with Crippen LogP contribution in [0.2, 0.25) is 0 Å². The van der Waals surface area contributed by atoms with Crippen molar-refractivity contribution in [3.05, 3.63) is 53.6 Å². The lowest BCUT2D eigenvalue weighted by Gasteiger charge is -2.07. The van der Waals surface area contributed by atoms with Gasteiger partial charge in [0.1, 0.15) is 11.6 Å². The van der Waals surface area contributed by atoms with Gasteiger partial charge in [-0.25, -0.2) is 17.2 Å². The molecule has 0 fully saturated rings. The molecule has 0 heterocycles. The SMILES string of the molecule is Cc1cc(-c2cc(F)cc(F)c2)ccc1S(=O)(=O)Cl. The molecule has 2 rings (SSSR count). The van der Waals surface area contributed by atoms with Crippen molar-refractivity contribution in [2.45, 2.75) is 11.8 Å². The van der Waals surface area contributed by atoms with Crippen molar-refractivity contribution in [1.82, 2.24) is 0 Å². The van der Waals surface area contributed by atoms with Gasteiger partial charge >= 0.3 is 0 Å². The van der Waals surface area contributed by atoms with Gasteiger partial charge in [-0.2, -0.15) is 0 Å². The predicted octanol–water partition coefficient (Wildman–Crippen LogP) is 3.87. The van der Waals surface area contributed by atoms with Crippen molar-refractivity contribution < 1.29 is 17.2 Å². The van der Waals surface area contributed by atoms with Gasteiger partial charge < -0.3 is 0 Å². The molecule has 6 heteroatoms. The first kappa shape index (κ1) is 14.0. The van der Waals surface area contributed by atoms with Gasteiger partial charge in [-0.05, 0) is 41.8 Å². The van der Waals surface area contributed by atoms with Crippen molar-refractivity contribution in [2.24, 2.45) is 0 Å². The van der Waals surface area contributed by atoms with Crippen LogP contribution >= 0.6 is 10.7 Å². The molecule has 0 radical (unpaired) electrons. The van der Waals surface area contributed by atoms with Crippen molar-refractivity contribution >= 4 is 19.7 Å². The Hall–Kier alpha value is -1.46. The van der Waals surface area contributed by atoms with Crippen molar-refractivity contribution in [2.75, 3.05) is 0 Å². The standard InChI is InChI=1S/C13H9ClF2O2S/c1-8-4-9(2-3-13(8)19(14,17)18)10-5-11(15)7-12(16)6-10/h2-7H,1H3. The fraction of sp³-hybridized carbons (Fsp3) is 0.0769. The number of hydrogen-bond acceptors (Lipinski definition) is 2. The molecule has 0 aliphatic carbocycles. The van der Waals surface area contributed by atoms with Gasteiger partial charge in [-0.15, -0.1) is 0 Å². The van der Waals surface area contributed by atoms with Crippen LogP contribution in [0.4, 0.5) is 8.78 Å². The van der Waals surface area contributed by atoms with Crippen LogP contribution in [0.25, 0.3) is 11.1 Å². The van der Waals surface area contributed by atoms with Crippen LogP contribution in [0, 0.1) is 18.6 Å². The second-order valence-corrected chi connectivity index (χ2v) is 6.61. The van der Waals surface area contributed by atoms with E-state index in [9.17, 15) is 17.2 Å². The van der Waals surface area contributed by atoms with E-state index in [1.165, 1.54) is 30.3 Å². The molecule has 0 unspecified atom stereocenters. The summed E-state index contributed by atoms with van der Waals surface area (Å²) in [6.07, 6.45) is 0. The number of benzene rings is 2. The topological polar surface area (TPSA) is 34.1 Å². The minimum Gasteiger partial charge on any atom is -0.207 e. The molecule has 0 saturated heterocycles. The van der Waals surface area contributed by atoms with Crippen LogP contribution in [0.3, 0.4) is 0 Å². The minimum atomic E-state index is -3.82. The third-order valence-electron chi connectivity index (χ3n) is 2.63. The van der Waals surface area contributed by atoms with E-state index in [2.05, 4.69) is 0 Å². The highest BCUT2D eigenvalue weighted by atomic mass is 35.7. The molecule has 0 N–H and O–H groups in total. The molecule has 19 heavy (non-hydrogen) atoms. The Morgan fingerprint density at radius 1 is 0.947 bits per heavy atom. The molecule has 0 aromatic heterocycles. The number of halogens is 3. The smallest absolute Gasteiger partial charge is 0.207 e. The van der Waals surface area contributed by atoms with Crippen molar-refractivity contribution in [3.8, 4) is 11.1 Å². The molecular weight excluding hydrogens is 294 g/mol. The molecule has 2 aromatic rings. The number of rotatable bonds is 2. The maximum absolute atomic E-state index is 13.1. The van der Waals surface area contributed by atoms with Gasteiger partial charge in [-0.3, -0.25) is 0 Å². The van der Waals surface area contributed by atoms with Crippen LogP contribution in [-0.2, 0) is 9.05 Å². The minimum absolute atomic E-state index is 0.0187. The van der Waals surface area contributed by atoms with E-state index in [0.29, 0.717) is 16.7 Å². The lowest BCUT2D eigenvalue weighted by Crippen LogP contribution is -1.95. The van der Waals surface area contributed by atoms with Crippen molar-refractivity contribution in [3.63, 3.8) is 0 Å². The van der Waals surface area contributed by atoms with Gasteiger partial charge in [0.15, 0.2) is 0 Å². The Morgan fingerprint density at radius 2 is 1.53 bits per heavy atom. The summed E-state index contributed by atoms with van der Waals surface area (Å²) in [5.41, 5.74) is 1.26. The molecule has 0 spiro atoms. The first-order chi connectivity index (χ1) is 8.77. The van der Waals surface area contributed by atoms with E-state index >= 15 is 0 Å². The molecule has 0 amide bonds. The first-order valence-electron chi connectivity index (χ1n) is 5.29. The molecule has 100 valence electrons. The second-order valence-electron chi connectivity index (χ2n) is 4.08. The summed E-state index contributed by atoms with van der Waals surface area (Å²) in [6, 6.07) is 7.41. The molecule has 0 atom stereocenters. The average molecular weight is 303 g/mol. The fourth-order valence-electron chi connectivity index (χ4n) is 1.82. The lowest BCUT2D eigenvalue weighted by molar-refractivity contribution is 0.584. The van der Waals surface area contributed by atoms with Gasteiger partial charge in [0, 0.05) is 16.7 Å². The monoisotopic (exact) mass is 302 g/mol. The quantitative estimate of drug-likeness (QED) is 0.789. The van der Waals surface area contributed by atoms with E-state index in [1.807, 2.05) is 0 Å². The van der Waals surface area contributed by atoms with Gasteiger partial charge in [0.25, 0.3) is 9.05 Å². The van der Waals surface area contributed by atoms with E-state index in [4.69, 9.17) is 10.7 Å². The van der Waals surface area contributed by atoms with Crippen LogP contribution in [0.5, 0.6) is 0 Å². The Balaban J connectivity index is 2.56. The highest BCUT2D eigenvalue weighted by molar-refractivity contribution is 8.13. The van der Waals surface area contributed by atoms with Crippen LogP contribution < -0.4 is 0 Å². The van der Waals surface area contributed by atoms with E-state index in [1.54, 1.807) is 6.92 Å². The van der Waals surface area contributed by atoms with E-state index < -0.39 is 20.7 Å². The van der Waals surface area contributed by atoms with Crippen molar-refractivity contribution in [1.29, 1.82) is 0 Å². The Labute approximate surface area is 114 Å². The Kier molecular flexibility index (Phi) is 3.60. The molecule has 0 aliphatic rings. The summed E-state index contributed by atoms with van der Waals surface area (Å²) in [5.74, 6) is -1.39. The molecule has 0 aliphatic heterocycles. The second kappa shape index (κ2) is 4.90. The largest absolute Gasteiger partial charge is 0.261 e. The summed E-state index contributed by atoms with van der Waals surface area (Å²) >= 11 is 0. The summed E-state index contributed by atoms with van der Waals surface area (Å²) in [6.45, 7) is 1.56. The van der Waals surface area contributed by atoms with Crippen LogP contribution in [0.1, 0.15) is 5.56 Å². The summed E-state index contributed by atoms with van der Waals surface area (Å²) < 4.78 is 48.8. The van der Waals surface area contributed by atoms with Crippen LogP contribution in [0.15, 0.2) is 41.3 Å². The molecule has 0 saturated carbocycles. The zero-order valence-corrected chi connectivity index (χ0v) is 11.4. The summed E-state index contributed by atoms with van der Waals surface area (Å²) in [7, 11) is 1.44. The first-order valence-corrected chi connectivity index (χ1v) is 7.60. The third kappa shape index (κ3) is 3.11. The predicted molar refractivity (Wildman–Crippen MR) is 69.6 cm³/mol. The molecule has 2 nitrogen and oxygen atoms in total. The normalized spacial score (nSPS) is 11.6. The Morgan fingerprint density at radius 3 is 2.00 bits per heavy atom. The van der Waals surface area contributed by atoms with Gasteiger partial charge in [0.05, 0.1) is 4.90 Å². The van der Waals surface area contributed by atoms with Gasteiger partial charge in [0.2, 0.25) is 0 Å². The maximum Gasteiger partial charge on any atom is 0.261 e. The third-order valence-corrected chi connectivity index (χ3v) is 4.12. The summed E-state index contributed by atoms with van der Waals surface area (Å²) in [5, 5.41) is 0. The molecular formula is C13H9ClF2O2S. The van der Waals surface area contributed by atoms with E-state index in [0.717, 1.165) is 6.07 Å². The lowest BCUT2D eigenvalue weighted by atomic mass is 10.0. The molecule has 2 aromatic carbocycles. The maximum atomic E-state index is 13.1. The Bertz CT molecular complexity index is 722. The fourth-order valence-corrected chi connectivity index (χ4v) is 3.02. The van der Waals surface area contributed by atoms with Gasteiger partial charge in [-0.1, -0.05) is 12.1 Å². The molecule has 0 bridgehead atoms. The number of hydrogen-bond donors (Lipinski definition) is 0. The summed E-state index contributed by atoms with van der Waals surface area (Å²) in [4.78, 5) is -0.0187. The van der Waals surface area contributed by atoms with E-state index in [-0.39, 0.29) is 4.90 Å².